The van der Waals surface area contributed by atoms with Crippen molar-refractivity contribution in [1.29, 1.82) is 0 Å². The summed E-state index contributed by atoms with van der Waals surface area (Å²) in [5.74, 6) is 0. The fourth-order valence-electron chi connectivity index (χ4n) is 7.97. The molecule has 2 aliphatic rings. The second kappa shape index (κ2) is 15.6. The van der Waals surface area contributed by atoms with Crippen molar-refractivity contribution in [2.24, 2.45) is 0 Å². The summed E-state index contributed by atoms with van der Waals surface area (Å²) in [6, 6.07) is 24.6. The Kier molecular flexibility index (Phi) is 13.0. The van der Waals surface area contributed by atoms with E-state index in [9.17, 15) is 0 Å². The van der Waals surface area contributed by atoms with Crippen molar-refractivity contribution in [3.05, 3.63) is 145 Å². The van der Waals surface area contributed by atoms with Gasteiger partial charge in [-0.1, -0.05) is 180 Å². The molecule has 3 heteroatoms. The Labute approximate surface area is 321 Å². The number of halogens is 2. The van der Waals surface area contributed by atoms with E-state index in [4.69, 9.17) is 0 Å². The molecule has 0 bridgehead atoms. The molecule has 0 saturated heterocycles. The molecule has 0 aromatic heterocycles. The predicted molar refractivity (Wildman–Crippen MR) is 195 cm³/mol. The maximum Gasteiger partial charge on any atom is 3.00 e. The second-order valence-corrected chi connectivity index (χ2v) is 14.8. The Morgan fingerprint density at radius 1 is 0.667 bits per heavy atom. The zero-order valence-corrected chi connectivity index (χ0v) is 34.1. The minimum absolute atomic E-state index is 0. The minimum Gasteiger partial charge on any atom is -1.00 e. The Balaban J connectivity index is 0.00000208. The maximum absolute atomic E-state index is 4.12. The van der Waals surface area contributed by atoms with Crippen LogP contribution in [-0.4, -0.2) is 0 Å². The van der Waals surface area contributed by atoms with Crippen molar-refractivity contribution in [3.8, 4) is 11.1 Å². The number of rotatable bonds is 6. The fraction of sp³-hybridized carbons (Fsp3) is 0.333. The van der Waals surface area contributed by atoms with Crippen molar-refractivity contribution in [1.82, 2.24) is 0 Å². The number of hydrogen-bond donors (Lipinski definition) is 0. The van der Waals surface area contributed by atoms with Crippen molar-refractivity contribution < 1.29 is 51.0 Å². The molecule has 0 nitrogen and oxygen atoms in total. The molecule has 0 amide bonds. The zero-order valence-electron chi connectivity index (χ0n) is 30.2. The van der Waals surface area contributed by atoms with Crippen LogP contribution in [0.15, 0.2) is 85.0 Å². The van der Waals surface area contributed by atoms with E-state index in [0.29, 0.717) is 0 Å². The molecule has 0 heterocycles. The predicted octanol–water partition coefficient (Wildman–Crippen LogP) is 4.25. The first-order chi connectivity index (χ1) is 21.5. The van der Waals surface area contributed by atoms with Crippen LogP contribution in [0.3, 0.4) is 0 Å². The largest absolute Gasteiger partial charge is 3.00 e. The van der Waals surface area contributed by atoms with Crippen molar-refractivity contribution in [2.75, 3.05) is 0 Å². The summed E-state index contributed by atoms with van der Waals surface area (Å²) in [5.41, 5.74) is 18.3. The topological polar surface area (TPSA) is 0 Å². The van der Waals surface area contributed by atoms with Crippen LogP contribution in [0.4, 0.5) is 0 Å². The van der Waals surface area contributed by atoms with E-state index in [1.54, 1.807) is 5.56 Å². The summed E-state index contributed by atoms with van der Waals surface area (Å²) in [6.07, 6.45) is 15.0. The quantitative estimate of drug-likeness (QED) is 0.228. The molecule has 247 valence electrons. The van der Waals surface area contributed by atoms with Crippen LogP contribution in [0.5, 0.6) is 0 Å². The molecular formula is C45H49Cl2Zr. The minimum atomic E-state index is -0.0565. The third kappa shape index (κ3) is 6.95. The molecule has 2 aliphatic carbocycles. The van der Waals surface area contributed by atoms with Gasteiger partial charge in [-0.3, -0.25) is 0 Å². The zero-order chi connectivity index (χ0) is 32.1. The molecule has 1 radical (unpaired) electrons. The fourth-order valence-corrected chi connectivity index (χ4v) is 7.97. The van der Waals surface area contributed by atoms with E-state index in [1.807, 2.05) is 0 Å². The van der Waals surface area contributed by atoms with Gasteiger partial charge in [0.1, 0.15) is 0 Å². The van der Waals surface area contributed by atoms with E-state index in [2.05, 4.69) is 153 Å². The van der Waals surface area contributed by atoms with E-state index in [-0.39, 0.29) is 61.8 Å². The summed E-state index contributed by atoms with van der Waals surface area (Å²) in [5, 5.41) is 2.67. The molecule has 0 aliphatic heterocycles. The molecule has 6 rings (SSSR count). The van der Waals surface area contributed by atoms with E-state index < -0.39 is 0 Å². The Bertz CT molecular complexity index is 1920. The van der Waals surface area contributed by atoms with Crippen LogP contribution in [0.1, 0.15) is 119 Å². The Hall–Kier alpha value is -2.44. The molecule has 0 unspecified atom stereocenters. The van der Waals surface area contributed by atoms with Crippen molar-refractivity contribution in [3.63, 3.8) is 0 Å². The summed E-state index contributed by atoms with van der Waals surface area (Å²) in [7, 11) is 0. The number of fused-ring (bicyclic) bond motifs is 3. The van der Waals surface area contributed by atoms with Crippen LogP contribution in [0.25, 0.3) is 28.3 Å². The Morgan fingerprint density at radius 3 is 1.65 bits per heavy atom. The summed E-state index contributed by atoms with van der Waals surface area (Å²) < 4.78 is 0. The smallest absolute Gasteiger partial charge is 1.00 e. The second-order valence-electron chi connectivity index (χ2n) is 14.8. The van der Waals surface area contributed by atoms with Crippen LogP contribution < -0.4 is 35.3 Å². The first kappa shape index (κ1) is 40.0. The van der Waals surface area contributed by atoms with E-state index in [1.165, 1.54) is 77.2 Å². The standard InChI is InChI=1S/C45H49.2ClH.Zr/c1-10-33-34(11-2)43(45(7,8)9)40(31-25-19-20-26-31)36-27-32-28-37(44(4,5)6)42(35(12-3)39(32)41(33)36)38(29-21-15-13-16-22-29)30-23-17-14-18-24-30;;;/h13-25,28H,10-12,26H2,1-9H3;2*1H;/q-1;;;+3/p-2. The molecule has 48 heavy (non-hydrogen) atoms. The van der Waals surface area contributed by atoms with Gasteiger partial charge in [-0.05, 0) is 58.4 Å². The van der Waals surface area contributed by atoms with Gasteiger partial charge in [0.2, 0.25) is 0 Å². The molecule has 0 atom stereocenters. The van der Waals surface area contributed by atoms with Gasteiger partial charge in [0.15, 0.2) is 0 Å². The van der Waals surface area contributed by atoms with Gasteiger partial charge in [-0.25, -0.2) is 0 Å². The molecule has 4 aromatic carbocycles. The molecule has 0 spiro atoms. The van der Waals surface area contributed by atoms with Crippen molar-refractivity contribution >= 4 is 17.2 Å². The summed E-state index contributed by atoms with van der Waals surface area (Å²) in [4.78, 5) is 0. The van der Waals surface area contributed by atoms with Crippen LogP contribution in [0, 0.1) is 0 Å². The van der Waals surface area contributed by atoms with Gasteiger partial charge in [-0.2, -0.15) is 0 Å². The average molecular weight is 752 g/mol. The Morgan fingerprint density at radius 2 is 1.21 bits per heavy atom. The van der Waals surface area contributed by atoms with Crippen LogP contribution in [0.2, 0.25) is 0 Å². The first-order valence-corrected chi connectivity index (χ1v) is 17.0. The van der Waals surface area contributed by atoms with Gasteiger partial charge in [0.05, 0.1) is 0 Å². The summed E-state index contributed by atoms with van der Waals surface area (Å²) >= 11 is 0. The molecule has 0 fully saturated rings. The summed E-state index contributed by atoms with van der Waals surface area (Å²) in [6.45, 7) is 21.4. The number of benzene rings is 4. The third-order valence-electron chi connectivity index (χ3n) is 9.74. The monoisotopic (exact) mass is 749 g/mol. The van der Waals surface area contributed by atoms with Gasteiger partial charge in [0.25, 0.3) is 0 Å². The van der Waals surface area contributed by atoms with E-state index in [0.717, 1.165) is 25.7 Å². The van der Waals surface area contributed by atoms with E-state index >= 15 is 0 Å². The van der Waals surface area contributed by atoms with Gasteiger partial charge in [-0.15, -0.1) is 34.1 Å². The van der Waals surface area contributed by atoms with Gasteiger partial charge < -0.3 is 24.8 Å². The van der Waals surface area contributed by atoms with Crippen LogP contribution in [-0.2, 0) is 56.3 Å². The van der Waals surface area contributed by atoms with Crippen LogP contribution >= 0.6 is 0 Å². The molecular weight excluding hydrogens is 703 g/mol. The SMILES string of the molecule is CCc1c(CC)c(C(C)(C)C)c(C2=CC=CC2)c2c1-c1c(CC)c(=C(c3ccccc3)c3ccccc3)c(C(C)(C)C)cc1=[C-]2.[Cl-].[Cl-].[Zr+3]. The number of allylic oxidation sites excluding steroid dienone is 4. The van der Waals surface area contributed by atoms with Crippen molar-refractivity contribution in [2.45, 2.75) is 98.8 Å². The average Bonchev–Trinajstić information content (AvgIpc) is 3.68. The first-order valence-electron chi connectivity index (χ1n) is 17.0. The van der Waals surface area contributed by atoms with Gasteiger partial charge >= 0.3 is 26.2 Å². The normalized spacial score (nSPS) is 13.0. The number of hydrogen-bond acceptors (Lipinski definition) is 0. The maximum atomic E-state index is 4.12. The van der Waals surface area contributed by atoms with Gasteiger partial charge in [0, 0.05) is 0 Å². The molecule has 0 N–H and O–H groups in total. The molecule has 0 saturated carbocycles. The molecule has 4 aromatic rings. The third-order valence-corrected chi connectivity index (χ3v) is 9.74.